The van der Waals surface area contributed by atoms with Crippen LogP contribution in [0.1, 0.15) is 18.9 Å². The molecule has 0 spiro atoms. The molecule has 0 unspecified atom stereocenters. The second kappa shape index (κ2) is 6.82. The van der Waals surface area contributed by atoms with Gasteiger partial charge in [-0.25, -0.2) is 8.78 Å². The van der Waals surface area contributed by atoms with Crippen LogP contribution in [0, 0.1) is 11.6 Å². The molecule has 0 aliphatic heterocycles. The lowest BCUT2D eigenvalue weighted by Gasteiger charge is -2.12. The average molecular weight is 296 g/mol. The molecular weight excluding hydrogens is 280 g/mol. The largest absolute Gasteiger partial charge is 0.313 e. The van der Waals surface area contributed by atoms with Crippen LogP contribution in [0.25, 0.3) is 11.1 Å². The Hall–Kier alpha value is -1.45. The molecule has 4 heteroatoms. The number of benzene rings is 2. The van der Waals surface area contributed by atoms with Gasteiger partial charge in [-0.2, -0.15) is 0 Å². The molecule has 0 heterocycles. The molecule has 0 saturated heterocycles. The molecule has 0 radical (unpaired) electrons. The Kier molecular flexibility index (Phi) is 5.10. The van der Waals surface area contributed by atoms with E-state index in [0.29, 0.717) is 22.7 Å². The van der Waals surface area contributed by atoms with Gasteiger partial charge in [-0.1, -0.05) is 24.6 Å². The quantitative estimate of drug-likeness (QED) is 0.782. The van der Waals surface area contributed by atoms with Crippen molar-refractivity contribution in [3.63, 3.8) is 0 Å². The Bertz CT molecular complexity index is 599. The zero-order valence-corrected chi connectivity index (χ0v) is 12.0. The highest BCUT2D eigenvalue weighted by atomic mass is 35.5. The summed E-state index contributed by atoms with van der Waals surface area (Å²) in [7, 11) is 0. The van der Waals surface area contributed by atoms with Crippen molar-refractivity contribution >= 4 is 11.6 Å². The summed E-state index contributed by atoms with van der Waals surface area (Å²) in [4.78, 5) is 0. The Morgan fingerprint density at radius 3 is 2.50 bits per heavy atom. The van der Waals surface area contributed by atoms with Gasteiger partial charge < -0.3 is 5.32 Å². The molecule has 0 aliphatic rings. The molecule has 1 nitrogen and oxygen atoms in total. The fourth-order valence-corrected chi connectivity index (χ4v) is 2.24. The maximum absolute atomic E-state index is 14.0. The fraction of sp³-hybridized carbons (Fsp3) is 0.250. The highest BCUT2D eigenvalue weighted by Crippen LogP contribution is 2.28. The first-order valence-electron chi connectivity index (χ1n) is 6.56. The van der Waals surface area contributed by atoms with Crippen LogP contribution in [0.5, 0.6) is 0 Å². The third kappa shape index (κ3) is 3.56. The van der Waals surface area contributed by atoms with E-state index in [-0.39, 0.29) is 5.82 Å². The topological polar surface area (TPSA) is 12.0 Å². The van der Waals surface area contributed by atoms with E-state index >= 15 is 0 Å². The van der Waals surface area contributed by atoms with Crippen molar-refractivity contribution in [3.05, 3.63) is 58.6 Å². The maximum atomic E-state index is 14.0. The molecule has 1 N–H and O–H groups in total. The van der Waals surface area contributed by atoms with Crippen molar-refractivity contribution < 1.29 is 8.78 Å². The van der Waals surface area contributed by atoms with Crippen LogP contribution >= 0.6 is 11.6 Å². The van der Waals surface area contributed by atoms with Crippen LogP contribution in [0.15, 0.2) is 36.4 Å². The van der Waals surface area contributed by atoms with Crippen molar-refractivity contribution in [2.75, 3.05) is 6.54 Å². The van der Waals surface area contributed by atoms with Crippen LogP contribution in [-0.2, 0) is 6.54 Å². The van der Waals surface area contributed by atoms with Gasteiger partial charge in [0.25, 0.3) is 0 Å². The minimum Gasteiger partial charge on any atom is -0.313 e. The van der Waals surface area contributed by atoms with Gasteiger partial charge in [0.15, 0.2) is 0 Å². The average Bonchev–Trinajstić information content (AvgIpc) is 2.40. The molecule has 0 fully saturated rings. The summed E-state index contributed by atoms with van der Waals surface area (Å²) in [6.45, 7) is 3.39. The summed E-state index contributed by atoms with van der Waals surface area (Å²) >= 11 is 5.76. The van der Waals surface area contributed by atoms with E-state index < -0.39 is 5.82 Å². The molecule has 0 aliphatic carbocycles. The number of rotatable bonds is 5. The molecule has 2 aromatic carbocycles. The molecule has 0 saturated carbocycles. The third-order valence-electron chi connectivity index (χ3n) is 3.03. The highest BCUT2D eigenvalue weighted by molar-refractivity contribution is 6.30. The Labute approximate surface area is 122 Å². The van der Waals surface area contributed by atoms with Gasteiger partial charge in [-0.3, -0.25) is 0 Å². The molecule has 0 amide bonds. The lowest BCUT2D eigenvalue weighted by atomic mass is 9.99. The fourth-order valence-electron chi connectivity index (χ4n) is 2.08. The van der Waals surface area contributed by atoms with Gasteiger partial charge in [0.2, 0.25) is 0 Å². The number of hydrogen-bond donors (Lipinski definition) is 1. The van der Waals surface area contributed by atoms with Gasteiger partial charge in [0.1, 0.15) is 11.6 Å². The van der Waals surface area contributed by atoms with Crippen molar-refractivity contribution in [1.82, 2.24) is 5.32 Å². The molecule has 2 rings (SSSR count). The van der Waals surface area contributed by atoms with Gasteiger partial charge in [0, 0.05) is 17.1 Å². The van der Waals surface area contributed by atoms with Gasteiger partial charge in [0.05, 0.1) is 0 Å². The Morgan fingerprint density at radius 1 is 1.05 bits per heavy atom. The third-order valence-corrected chi connectivity index (χ3v) is 3.27. The van der Waals surface area contributed by atoms with E-state index in [0.717, 1.165) is 18.5 Å². The lowest BCUT2D eigenvalue weighted by molar-refractivity contribution is 0.617. The zero-order chi connectivity index (χ0) is 14.5. The minimum atomic E-state index is -0.402. The first kappa shape index (κ1) is 14.9. The molecule has 0 bridgehead atoms. The molecule has 20 heavy (non-hydrogen) atoms. The first-order valence-corrected chi connectivity index (χ1v) is 6.94. The standard InChI is InChI=1S/C16H16ClF2N/c1-2-7-20-10-11-8-13(18)4-6-14(11)15-5-3-12(17)9-16(15)19/h3-6,8-9,20H,2,7,10H2,1H3. The van der Waals surface area contributed by atoms with Crippen LogP contribution in [0.3, 0.4) is 0 Å². The molecule has 0 atom stereocenters. The highest BCUT2D eigenvalue weighted by Gasteiger charge is 2.11. The van der Waals surface area contributed by atoms with Crippen molar-refractivity contribution in [2.45, 2.75) is 19.9 Å². The predicted molar refractivity (Wildman–Crippen MR) is 78.8 cm³/mol. The summed E-state index contributed by atoms with van der Waals surface area (Å²) in [6.07, 6.45) is 0.986. The Morgan fingerprint density at radius 2 is 1.80 bits per heavy atom. The SMILES string of the molecule is CCCNCc1cc(F)ccc1-c1ccc(Cl)cc1F. The minimum absolute atomic E-state index is 0.323. The number of nitrogens with one attached hydrogen (secondary N) is 1. The van der Waals surface area contributed by atoms with Crippen LogP contribution in [0.4, 0.5) is 8.78 Å². The molecule has 2 aromatic rings. The van der Waals surface area contributed by atoms with E-state index in [2.05, 4.69) is 12.2 Å². The number of halogens is 3. The van der Waals surface area contributed by atoms with Crippen LogP contribution in [0.2, 0.25) is 5.02 Å². The van der Waals surface area contributed by atoms with Crippen molar-refractivity contribution in [1.29, 1.82) is 0 Å². The molecule has 106 valence electrons. The summed E-state index contributed by atoms with van der Waals surface area (Å²) < 4.78 is 27.4. The van der Waals surface area contributed by atoms with E-state index in [1.807, 2.05) is 0 Å². The van der Waals surface area contributed by atoms with Crippen LogP contribution < -0.4 is 5.32 Å². The van der Waals surface area contributed by atoms with Gasteiger partial charge in [-0.05, 0) is 54.4 Å². The normalized spacial score (nSPS) is 10.8. The smallest absolute Gasteiger partial charge is 0.132 e. The van der Waals surface area contributed by atoms with E-state index in [9.17, 15) is 8.78 Å². The predicted octanol–water partition coefficient (Wildman–Crippen LogP) is 4.78. The lowest BCUT2D eigenvalue weighted by Crippen LogP contribution is -2.14. The van der Waals surface area contributed by atoms with E-state index in [4.69, 9.17) is 11.6 Å². The molecular formula is C16H16ClF2N. The summed E-state index contributed by atoms with van der Waals surface area (Å²) in [5.74, 6) is -0.725. The zero-order valence-electron chi connectivity index (χ0n) is 11.2. The summed E-state index contributed by atoms with van der Waals surface area (Å²) in [5, 5.41) is 3.55. The maximum Gasteiger partial charge on any atom is 0.132 e. The van der Waals surface area contributed by atoms with Gasteiger partial charge >= 0.3 is 0 Å². The van der Waals surface area contributed by atoms with Gasteiger partial charge in [-0.15, -0.1) is 0 Å². The van der Waals surface area contributed by atoms with E-state index in [1.54, 1.807) is 18.2 Å². The monoisotopic (exact) mass is 295 g/mol. The van der Waals surface area contributed by atoms with Crippen molar-refractivity contribution in [2.24, 2.45) is 0 Å². The Balaban J connectivity index is 2.39. The van der Waals surface area contributed by atoms with Crippen LogP contribution in [-0.4, -0.2) is 6.54 Å². The summed E-state index contributed by atoms with van der Waals surface area (Å²) in [6, 6.07) is 8.90. The summed E-state index contributed by atoms with van der Waals surface area (Å²) in [5.41, 5.74) is 1.85. The van der Waals surface area contributed by atoms with Crippen molar-refractivity contribution in [3.8, 4) is 11.1 Å². The molecule has 0 aromatic heterocycles. The number of hydrogen-bond acceptors (Lipinski definition) is 1. The second-order valence-corrected chi connectivity index (χ2v) is 5.04. The van der Waals surface area contributed by atoms with E-state index in [1.165, 1.54) is 18.2 Å². The second-order valence-electron chi connectivity index (χ2n) is 4.60. The first-order chi connectivity index (χ1) is 9.61.